The largest absolute Gasteiger partial charge is 0.375 e. The van der Waals surface area contributed by atoms with Crippen molar-refractivity contribution in [2.24, 2.45) is 5.41 Å². The molecule has 2 aliphatic rings. The fraction of sp³-hybridized carbons (Fsp3) is 0.846. The zero-order chi connectivity index (χ0) is 13.9. The molecule has 0 aromatic heterocycles. The molecule has 2 fully saturated rings. The van der Waals surface area contributed by atoms with E-state index in [0.717, 1.165) is 19.5 Å². The first-order chi connectivity index (χ1) is 9.05. The number of carbonyl (C=O) groups excluding carboxylic acids is 2. The van der Waals surface area contributed by atoms with Crippen LogP contribution in [0.2, 0.25) is 0 Å². The lowest BCUT2D eigenvalue weighted by atomic mass is 9.89. The molecule has 0 aromatic carbocycles. The lowest BCUT2D eigenvalue weighted by Gasteiger charge is -2.26. The number of carbonyl (C=O) groups is 2. The van der Waals surface area contributed by atoms with Gasteiger partial charge in [0.05, 0.1) is 24.5 Å². The number of nitrogens with one attached hydrogen (secondary N) is 2. The number of hydrogen-bond acceptors (Lipinski definition) is 4. The maximum absolute atomic E-state index is 12.2. The van der Waals surface area contributed by atoms with Crippen molar-refractivity contribution in [3.8, 4) is 0 Å². The highest BCUT2D eigenvalue weighted by Gasteiger charge is 2.41. The summed E-state index contributed by atoms with van der Waals surface area (Å²) in [6.45, 7) is 5.32. The van der Waals surface area contributed by atoms with Crippen LogP contribution in [0.1, 0.15) is 19.8 Å². The molecule has 2 atom stereocenters. The molecule has 0 aromatic rings. The van der Waals surface area contributed by atoms with E-state index in [2.05, 4.69) is 10.6 Å². The van der Waals surface area contributed by atoms with E-state index in [1.807, 2.05) is 6.92 Å². The van der Waals surface area contributed by atoms with Crippen molar-refractivity contribution in [2.75, 3.05) is 39.8 Å². The summed E-state index contributed by atoms with van der Waals surface area (Å²) in [5, 5.41) is 5.89. The first kappa shape index (κ1) is 14.3. The van der Waals surface area contributed by atoms with Crippen LogP contribution < -0.4 is 10.6 Å². The summed E-state index contributed by atoms with van der Waals surface area (Å²) in [4.78, 5) is 25.8. The Kier molecular flexibility index (Phi) is 4.42. The molecule has 2 heterocycles. The van der Waals surface area contributed by atoms with Crippen molar-refractivity contribution >= 4 is 11.8 Å². The van der Waals surface area contributed by atoms with E-state index in [-0.39, 0.29) is 17.9 Å². The summed E-state index contributed by atoms with van der Waals surface area (Å²) >= 11 is 0. The Morgan fingerprint density at radius 2 is 2.32 bits per heavy atom. The molecule has 6 nitrogen and oxygen atoms in total. The molecule has 0 bridgehead atoms. The van der Waals surface area contributed by atoms with Crippen LogP contribution in [-0.4, -0.2) is 62.7 Å². The third-order valence-electron chi connectivity index (χ3n) is 4.01. The predicted molar refractivity (Wildman–Crippen MR) is 70.6 cm³/mol. The van der Waals surface area contributed by atoms with Gasteiger partial charge >= 0.3 is 0 Å². The number of nitrogens with zero attached hydrogens (tertiary/aromatic N) is 1. The number of likely N-dealkylation sites (tertiary alicyclic amines) is 1. The van der Waals surface area contributed by atoms with Crippen molar-refractivity contribution in [1.82, 2.24) is 15.5 Å². The Labute approximate surface area is 113 Å². The quantitative estimate of drug-likeness (QED) is 0.714. The van der Waals surface area contributed by atoms with Crippen molar-refractivity contribution in [3.05, 3.63) is 0 Å². The van der Waals surface area contributed by atoms with Crippen molar-refractivity contribution in [3.63, 3.8) is 0 Å². The molecule has 2 unspecified atom stereocenters. The van der Waals surface area contributed by atoms with E-state index in [0.29, 0.717) is 26.1 Å². The minimum absolute atomic E-state index is 0.0124. The fourth-order valence-corrected chi connectivity index (χ4v) is 2.74. The van der Waals surface area contributed by atoms with Gasteiger partial charge in [-0.15, -0.1) is 0 Å². The maximum Gasteiger partial charge on any atom is 0.227 e. The van der Waals surface area contributed by atoms with Crippen LogP contribution >= 0.6 is 0 Å². The van der Waals surface area contributed by atoms with Gasteiger partial charge in [0.1, 0.15) is 0 Å². The monoisotopic (exact) mass is 269 g/mol. The number of hydrogen-bond donors (Lipinski definition) is 2. The average molecular weight is 269 g/mol. The standard InChI is InChI=1S/C13H23N3O3/c1-13(12(18)14-2)3-5-16(9-13)11(17)7-10-8-15-4-6-19-10/h10,15H,3-9H2,1-2H3,(H,14,18). The van der Waals surface area contributed by atoms with E-state index in [1.54, 1.807) is 11.9 Å². The van der Waals surface area contributed by atoms with E-state index in [9.17, 15) is 9.59 Å². The summed E-state index contributed by atoms with van der Waals surface area (Å²) in [7, 11) is 1.64. The van der Waals surface area contributed by atoms with Gasteiger partial charge in [0.25, 0.3) is 0 Å². The van der Waals surface area contributed by atoms with Crippen LogP contribution in [0.5, 0.6) is 0 Å². The first-order valence-electron chi connectivity index (χ1n) is 6.87. The molecule has 0 radical (unpaired) electrons. The van der Waals surface area contributed by atoms with Gasteiger partial charge in [-0.3, -0.25) is 9.59 Å². The lowest BCUT2D eigenvalue weighted by molar-refractivity contribution is -0.135. The summed E-state index contributed by atoms with van der Waals surface area (Å²) in [5.74, 6) is 0.0970. The summed E-state index contributed by atoms with van der Waals surface area (Å²) in [5.41, 5.74) is -0.448. The molecule has 2 amide bonds. The molecule has 0 aliphatic carbocycles. The Morgan fingerprint density at radius 1 is 1.53 bits per heavy atom. The molecule has 2 N–H and O–H groups in total. The Hall–Kier alpha value is -1.14. The lowest BCUT2D eigenvalue weighted by Crippen LogP contribution is -2.43. The molecular formula is C13H23N3O3. The Balaban J connectivity index is 1.86. The molecule has 2 aliphatic heterocycles. The second-order valence-electron chi connectivity index (χ2n) is 5.61. The minimum Gasteiger partial charge on any atom is -0.375 e. The fourth-order valence-electron chi connectivity index (χ4n) is 2.74. The third-order valence-corrected chi connectivity index (χ3v) is 4.01. The van der Waals surface area contributed by atoms with Crippen molar-refractivity contribution in [2.45, 2.75) is 25.9 Å². The first-order valence-corrected chi connectivity index (χ1v) is 6.87. The van der Waals surface area contributed by atoms with Crippen LogP contribution in [0, 0.1) is 5.41 Å². The van der Waals surface area contributed by atoms with Gasteiger partial charge in [0.2, 0.25) is 11.8 Å². The number of amides is 2. The van der Waals surface area contributed by atoms with Gasteiger partial charge in [0.15, 0.2) is 0 Å². The van der Waals surface area contributed by atoms with Crippen LogP contribution in [0.4, 0.5) is 0 Å². The van der Waals surface area contributed by atoms with Gasteiger partial charge < -0.3 is 20.3 Å². The SMILES string of the molecule is CNC(=O)C1(C)CCN(C(=O)CC2CNCCO2)C1. The highest BCUT2D eigenvalue weighted by Crippen LogP contribution is 2.30. The van der Waals surface area contributed by atoms with Crippen molar-refractivity contribution in [1.29, 1.82) is 0 Å². The summed E-state index contributed by atoms with van der Waals surface area (Å²) in [6, 6.07) is 0. The van der Waals surface area contributed by atoms with Gasteiger partial charge in [-0.05, 0) is 13.3 Å². The summed E-state index contributed by atoms with van der Waals surface area (Å²) < 4.78 is 5.54. The number of morpholine rings is 1. The second-order valence-corrected chi connectivity index (χ2v) is 5.61. The second kappa shape index (κ2) is 5.88. The van der Waals surface area contributed by atoms with Crippen LogP contribution in [-0.2, 0) is 14.3 Å². The molecule has 0 saturated carbocycles. The normalized spacial score (nSPS) is 31.3. The van der Waals surface area contributed by atoms with E-state index < -0.39 is 5.41 Å². The highest BCUT2D eigenvalue weighted by molar-refractivity contribution is 5.84. The Morgan fingerprint density at radius 3 is 2.95 bits per heavy atom. The Bertz CT molecular complexity index is 355. The highest BCUT2D eigenvalue weighted by atomic mass is 16.5. The average Bonchev–Trinajstić information content (AvgIpc) is 2.83. The zero-order valence-electron chi connectivity index (χ0n) is 11.7. The molecular weight excluding hydrogens is 246 g/mol. The molecule has 2 rings (SSSR count). The predicted octanol–water partition coefficient (Wildman–Crippen LogP) is -0.650. The smallest absolute Gasteiger partial charge is 0.227 e. The van der Waals surface area contributed by atoms with Gasteiger partial charge in [0, 0.05) is 33.2 Å². The van der Waals surface area contributed by atoms with E-state index >= 15 is 0 Å². The van der Waals surface area contributed by atoms with Gasteiger partial charge in [-0.2, -0.15) is 0 Å². The molecule has 6 heteroatoms. The molecule has 19 heavy (non-hydrogen) atoms. The van der Waals surface area contributed by atoms with E-state index in [1.165, 1.54) is 0 Å². The summed E-state index contributed by atoms with van der Waals surface area (Å²) in [6.07, 6.45) is 1.09. The van der Waals surface area contributed by atoms with Crippen LogP contribution in [0.15, 0.2) is 0 Å². The molecule has 2 saturated heterocycles. The van der Waals surface area contributed by atoms with Crippen LogP contribution in [0.25, 0.3) is 0 Å². The number of rotatable bonds is 3. The van der Waals surface area contributed by atoms with E-state index in [4.69, 9.17) is 4.74 Å². The molecule has 0 spiro atoms. The van der Waals surface area contributed by atoms with Gasteiger partial charge in [-0.25, -0.2) is 0 Å². The topological polar surface area (TPSA) is 70.7 Å². The van der Waals surface area contributed by atoms with Gasteiger partial charge in [-0.1, -0.05) is 0 Å². The maximum atomic E-state index is 12.2. The third kappa shape index (κ3) is 3.25. The zero-order valence-corrected chi connectivity index (χ0v) is 11.7. The molecule has 108 valence electrons. The van der Waals surface area contributed by atoms with Crippen LogP contribution in [0.3, 0.4) is 0 Å². The number of ether oxygens (including phenoxy) is 1. The minimum atomic E-state index is -0.448. The van der Waals surface area contributed by atoms with Crippen molar-refractivity contribution < 1.29 is 14.3 Å².